The largest absolute Gasteiger partial charge is 0.219 e. The lowest BCUT2D eigenvalue weighted by atomic mass is 9.92. The molecule has 0 aromatic heterocycles. The lowest BCUT2D eigenvalue weighted by Gasteiger charge is -2.16. The van der Waals surface area contributed by atoms with Crippen molar-refractivity contribution in [2.24, 2.45) is 0 Å². The highest BCUT2D eigenvalue weighted by molar-refractivity contribution is 7.91. The summed E-state index contributed by atoms with van der Waals surface area (Å²) in [5.41, 5.74) is 2.34. The maximum absolute atomic E-state index is 13.2. The number of rotatable bonds is 2. The Kier molecular flexibility index (Phi) is 5.35. The Balaban J connectivity index is 0.000000847. The molecule has 4 heteroatoms. The van der Waals surface area contributed by atoms with Crippen molar-refractivity contribution < 1.29 is 12.8 Å². The van der Waals surface area contributed by atoms with E-state index in [4.69, 9.17) is 0 Å². The molecular formula is C18H21FO2S. The Bertz CT molecular complexity index is 751. The summed E-state index contributed by atoms with van der Waals surface area (Å²) in [5.74, 6) is -0.538. The fourth-order valence-electron chi connectivity index (χ4n) is 2.65. The summed E-state index contributed by atoms with van der Waals surface area (Å²) in [7, 11) is -3.63. The number of aryl methyl sites for hydroxylation is 2. The molecule has 2 nitrogen and oxygen atoms in total. The Labute approximate surface area is 131 Å². The van der Waals surface area contributed by atoms with E-state index < -0.39 is 15.7 Å². The van der Waals surface area contributed by atoms with Crippen LogP contribution in [0.15, 0.2) is 52.3 Å². The molecule has 0 unspecified atom stereocenters. The van der Waals surface area contributed by atoms with E-state index in [1.165, 1.54) is 23.8 Å². The van der Waals surface area contributed by atoms with E-state index in [0.717, 1.165) is 37.3 Å². The highest BCUT2D eigenvalue weighted by Gasteiger charge is 2.20. The SMILES string of the molecule is CC.O=S(=O)(c1cccc(F)c1)c1ccc2c(c1)CCCC2. The molecule has 0 radical (unpaired) electrons. The van der Waals surface area contributed by atoms with Gasteiger partial charge in [-0.25, -0.2) is 12.8 Å². The molecule has 0 bridgehead atoms. The molecule has 0 spiro atoms. The quantitative estimate of drug-likeness (QED) is 0.812. The lowest BCUT2D eigenvalue weighted by molar-refractivity contribution is 0.590. The van der Waals surface area contributed by atoms with Gasteiger partial charge in [0.25, 0.3) is 0 Å². The van der Waals surface area contributed by atoms with Crippen LogP contribution in [0, 0.1) is 5.82 Å². The van der Waals surface area contributed by atoms with Gasteiger partial charge in [-0.2, -0.15) is 0 Å². The van der Waals surface area contributed by atoms with Crippen LogP contribution in [0.4, 0.5) is 4.39 Å². The molecule has 0 aliphatic heterocycles. The molecule has 22 heavy (non-hydrogen) atoms. The zero-order valence-corrected chi connectivity index (χ0v) is 13.8. The first kappa shape index (κ1) is 16.7. The molecule has 118 valence electrons. The van der Waals surface area contributed by atoms with Crippen LogP contribution in [0.25, 0.3) is 0 Å². The zero-order chi connectivity index (χ0) is 16.2. The molecule has 0 heterocycles. The van der Waals surface area contributed by atoms with Crippen LogP contribution >= 0.6 is 0 Å². The van der Waals surface area contributed by atoms with E-state index in [-0.39, 0.29) is 9.79 Å². The minimum atomic E-state index is -3.63. The van der Waals surface area contributed by atoms with Gasteiger partial charge in [0.1, 0.15) is 5.82 Å². The van der Waals surface area contributed by atoms with Crippen LogP contribution in [0.1, 0.15) is 37.8 Å². The Morgan fingerprint density at radius 1 is 0.864 bits per heavy atom. The van der Waals surface area contributed by atoms with Crippen molar-refractivity contribution in [2.75, 3.05) is 0 Å². The Morgan fingerprint density at radius 3 is 2.18 bits per heavy atom. The lowest BCUT2D eigenvalue weighted by Crippen LogP contribution is -2.07. The maximum Gasteiger partial charge on any atom is 0.206 e. The average molecular weight is 320 g/mol. The fourth-order valence-corrected chi connectivity index (χ4v) is 3.99. The summed E-state index contributed by atoms with van der Waals surface area (Å²) in [5, 5.41) is 0. The van der Waals surface area contributed by atoms with Gasteiger partial charge in [-0.3, -0.25) is 0 Å². The van der Waals surface area contributed by atoms with Crippen LogP contribution in [0.2, 0.25) is 0 Å². The van der Waals surface area contributed by atoms with Gasteiger partial charge in [-0.15, -0.1) is 0 Å². The molecule has 3 rings (SSSR count). The average Bonchev–Trinajstić information content (AvgIpc) is 2.56. The van der Waals surface area contributed by atoms with Gasteiger partial charge in [-0.05, 0) is 67.1 Å². The summed E-state index contributed by atoms with van der Waals surface area (Å²) < 4.78 is 38.2. The van der Waals surface area contributed by atoms with Crippen LogP contribution in [0.5, 0.6) is 0 Å². The first-order valence-corrected chi connectivity index (χ1v) is 9.18. The molecule has 0 atom stereocenters. The third-order valence-corrected chi connectivity index (χ3v) is 5.49. The molecule has 2 aromatic rings. The second-order valence-electron chi connectivity index (χ2n) is 5.10. The standard InChI is InChI=1S/C16H15FO2S.C2H6/c17-14-6-3-7-15(11-14)20(18,19)16-9-8-12-4-1-2-5-13(12)10-16;1-2/h3,6-11H,1-2,4-5H2;1-2H3. The van der Waals surface area contributed by atoms with E-state index in [1.807, 2.05) is 19.9 Å². The van der Waals surface area contributed by atoms with Crippen molar-refractivity contribution in [1.29, 1.82) is 0 Å². The summed E-state index contributed by atoms with van der Waals surface area (Å²) in [4.78, 5) is 0.261. The van der Waals surface area contributed by atoms with E-state index in [2.05, 4.69) is 0 Å². The minimum absolute atomic E-state index is 0.00765. The van der Waals surface area contributed by atoms with E-state index >= 15 is 0 Å². The topological polar surface area (TPSA) is 34.1 Å². The molecule has 1 aliphatic carbocycles. The highest BCUT2D eigenvalue weighted by Crippen LogP contribution is 2.27. The van der Waals surface area contributed by atoms with E-state index in [1.54, 1.807) is 12.1 Å². The van der Waals surface area contributed by atoms with Crippen molar-refractivity contribution in [2.45, 2.75) is 49.3 Å². The molecule has 0 N–H and O–H groups in total. The van der Waals surface area contributed by atoms with E-state index in [9.17, 15) is 12.8 Å². The van der Waals surface area contributed by atoms with Crippen molar-refractivity contribution in [3.05, 3.63) is 59.4 Å². The Hall–Kier alpha value is -1.68. The normalized spacial score (nSPS) is 13.8. The van der Waals surface area contributed by atoms with Crippen molar-refractivity contribution >= 4 is 9.84 Å². The van der Waals surface area contributed by atoms with Gasteiger partial charge in [0.05, 0.1) is 9.79 Å². The van der Waals surface area contributed by atoms with Crippen molar-refractivity contribution in [3.63, 3.8) is 0 Å². The fraction of sp³-hybridized carbons (Fsp3) is 0.333. The Morgan fingerprint density at radius 2 is 1.50 bits per heavy atom. The number of sulfone groups is 1. The van der Waals surface area contributed by atoms with Crippen molar-refractivity contribution in [1.82, 2.24) is 0 Å². The number of hydrogen-bond donors (Lipinski definition) is 0. The van der Waals surface area contributed by atoms with Crippen molar-refractivity contribution in [3.8, 4) is 0 Å². The number of benzene rings is 2. The molecule has 0 saturated heterocycles. The second kappa shape index (κ2) is 7.05. The summed E-state index contributed by atoms with van der Waals surface area (Å²) in [6, 6.07) is 10.4. The monoisotopic (exact) mass is 320 g/mol. The van der Waals surface area contributed by atoms with Gasteiger partial charge < -0.3 is 0 Å². The van der Waals surface area contributed by atoms with Gasteiger partial charge >= 0.3 is 0 Å². The molecule has 0 fully saturated rings. The summed E-state index contributed by atoms with van der Waals surface area (Å²) in [6.07, 6.45) is 4.18. The first-order chi connectivity index (χ1) is 10.6. The third-order valence-electron chi connectivity index (χ3n) is 3.74. The number of hydrogen-bond acceptors (Lipinski definition) is 2. The maximum atomic E-state index is 13.2. The van der Waals surface area contributed by atoms with Crippen LogP contribution in [-0.2, 0) is 22.7 Å². The number of halogens is 1. The second-order valence-corrected chi connectivity index (χ2v) is 7.05. The number of fused-ring (bicyclic) bond motifs is 1. The highest BCUT2D eigenvalue weighted by atomic mass is 32.2. The molecular weight excluding hydrogens is 299 g/mol. The summed E-state index contributed by atoms with van der Waals surface area (Å²) in [6.45, 7) is 4.00. The van der Waals surface area contributed by atoms with Crippen LogP contribution in [0.3, 0.4) is 0 Å². The smallest absolute Gasteiger partial charge is 0.206 e. The molecule has 0 amide bonds. The van der Waals surface area contributed by atoms with Gasteiger partial charge in [0.15, 0.2) is 0 Å². The summed E-state index contributed by atoms with van der Waals surface area (Å²) >= 11 is 0. The predicted octanol–water partition coefficient (Wildman–Crippen LogP) is 4.56. The molecule has 0 saturated carbocycles. The first-order valence-electron chi connectivity index (χ1n) is 7.70. The third kappa shape index (κ3) is 3.38. The molecule has 2 aromatic carbocycles. The van der Waals surface area contributed by atoms with Gasteiger partial charge in [0, 0.05) is 0 Å². The predicted molar refractivity (Wildman–Crippen MR) is 86.3 cm³/mol. The van der Waals surface area contributed by atoms with Gasteiger partial charge in [-0.1, -0.05) is 26.0 Å². The van der Waals surface area contributed by atoms with Crippen LogP contribution < -0.4 is 0 Å². The van der Waals surface area contributed by atoms with Crippen LogP contribution in [-0.4, -0.2) is 8.42 Å². The minimum Gasteiger partial charge on any atom is -0.219 e. The van der Waals surface area contributed by atoms with Gasteiger partial charge in [0.2, 0.25) is 9.84 Å². The zero-order valence-electron chi connectivity index (χ0n) is 13.0. The molecule has 1 aliphatic rings. The van der Waals surface area contributed by atoms with E-state index in [0.29, 0.717) is 0 Å².